The minimum absolute atomic E-state index is 0.674. The molecular weight excluding hydrogens is 210 g/mol. The van der Waals surface area contributed by atoms with Gasteiger partial charge in [-0.2, -0.15) is 5.10 Å². The van der Waals surface area contributed by atoms with Gasteiger partial charge >= 0.3 is 0 Å². The Kier molecular flexibility index (Phi) is 1.71. The van der Waals surface area contributed by atoms with E-state index in [1.807, 2.05) is 18.2 Å². The third-order valence-corrected chi connectivity index (χ3v) is 4.22. The molecule has 1 heterocycles. The van der Waals surface area contributed by atoms with E-state index in [4.69, 9.17) is 5.73 Å². The molecule has 2 aromatic rings. The molecule has 1 aromatic heterocycles. The Balaban J connectivity index is 1.95. The summed E-state index contributed by atoms with van der Waals surface area (Å²) >= 11 is 0. The number of rotatable bonds is 1. The lowest BCUT2D eigenvalue weighted by Gasteiger charge is -2.13. The van der Waals surface area contributed by atoms with Crippen LogP contribution in [0.1, 0.15) is 42.4 Å². The summed E-state index contributed by atoms with van der Waals surface area (Å²) in [5.74, 6) is 2.10. The highest BCUT2D eigenvalue weighted by Gasteiger charge is 2.42. The predicted octanol–water partition coefficient (Wildman–Crippen LogP) is 2.82. The van der Waals surface area contributed by atoms with Crippen LogP contribution >= 0.6 is 0 Å². The molecule has 86 valence electrons. The van der Waals surface area contributed by atoms with Crippen LogP contribution in [0.4, 0.5) is 5.82 Å². The molecule has 2 aliphatic carbocycles. The van der Waals surface area contributed by atoms with Gasteiger partial charge in [-0.3, -0.25) is 0 Å². The van der Waals surface area contributed by atoms with Crippen LogP contribution < -0.4 is 5.73 Å². The van der Waals surface area contributed by atoms with Gasteiger partial charge in [0.05, 0.1) is 11.4 Å². The molecule has 1 aromatic carbocycles. The molecule has 2 unspecified atom stereocenters. The number of hydrogen-bond donors (Lipinski definition) is 1. The lowest BCUT2D eigenvalue weighted by molar-refractivity contribution is 0.665. The quantitative estimate of drug-likeness (QED) is 0.811. The van der Waals surface area contributed by atoms with E-state index in [2.05, 4.69) is 21.9 Å². The number of nitrogens with two attached hydrogens (primary N) is 1. The first kappa shape index (κ1) is 9.28. The number of hydrogen-bond acceptors (Lipinski definition) is 2. The summed E-state index contributed by atoms with van der Waals surface area (Å²) < 4.78 is 2.06. The van der Waals surface area contributed by atoms with Crippen molar-refractivity contribution in [1.29, 1.82) is 0 Å². The van der Waals surface area contributed by atoms with Gasteiger partial charge in [-0.05, 0) is 37.3 Å². The maximum atomic E-state index is 6.08. The van der Waals surface area contributed by atoms with Gasteiger partial charge in [0.2, 0.25) is 0 Å². The summed E-state index contributed by atoms with van der Waals surface area (Å²) in [7, 11) is 0. The van der Waals surface area contributed by atoms with E-state index in [0.29, 0.717) is 11.8 Å². The molecule has 17 heavy (non-hydrogen) atoms. The fraction of sp³-hybridized carbons (Fsp3) is 0.357. The molecule has 2 N–H and O–H groups in total. The Morgan fingerprint density at radius 1 is 1.12 bits per heavy atom. The van der Waals surface area contributed by atoms with Crippen molar-refractivity contribution in [3.8, 4) is 5.69 Å². The summed E-state index contributed by atoms with van der Waals surface area (Å²) in [5, 5.41) is 4.54. The molecular formula is C14H15N3. The van der Waals surface area contributed by atoms with Crippen LogP contribution in [-0.2, 0) is 0 Å². The van der Waals surface area contributed by atoms with Crippen LogP contribution in [0.3, 0.4) is 0 Å². The van der Waals surface area contributed by atoms with Crippen molar-refractivity contribution in [2.45, 2.75) is 31.1 Å². The van der Waals surface area contributed by atoms with Gasteiger partial charge in [0.25, 0.3) is 0 Å². The molecule has 3 nitrogen and oxygen atoms in total. The Bertz CT molecular complexity index is 571. The minimum Gasteiger partial charge on any atom is -0.382 e. The van der Waals surface area contributed by atoms with E-state index >= 15 is 0 Å². The molecule has 2 bridgehead atoms. The Morgan fingerprint density at radius 3 is 2.71 bits per heavy atom. The van der Waals surface area contributed by atoms with Crippen molar-refractivity contribution in [1.82, 2.24) is 9.78 Å². The van der Waals surface area contributed by atoms with E-state index in [9.17, 15) is 0 Å². The summed E-state index contributed by atoms with van der Waals surface area (Å²) in [4.78, 5) is 0. The number of nitrogen functional groups attached to an aromatic ring is 1. The summed E-state index contributed by atoms with van der Waals surface area (Å²) in [5.41, 5.74) is 9.93. The first-order valence-electron chi connectivity index (χ1n) is 6.28. The van der Waals surface area contributed by atoms with E-state index in [1.165, 1.54) is 30.5 Å². The van der Waals surface area contributed by atoms with Crippen molar-refractivity contribution in [3.63, 3.8) is 0 Å². The average molecular weight is 225 g/mol. The number of anilines is 1. The largest absolute Gasteiger partial charge is 0.382 e. The van der Waals surface area contributed by atoms with E-state index < -0.39 is 0 Å². The topological polar surface area (TPSA) is 43.8 Å². The normalized spacial score (nSPS) is 25.2. The van der Waals surface area contributed by atoms with Gasteiger partial charge < -0.3 is 5.73 Å². The van der Waals surface area contributed by atoms with Crippen LogP contribution in [0.15, 0.2) is 30.3 Å². The smallest absolute Gasteiger partial charge is 0.149 e. The van der Waals surface area contributed by atoms with Crippen molar-refractivity contribution in [2.24, 2.45) is 0 Å². The maximum Gasteiger partial charge on any atom is 0.149 e. The second-order valence-electron chi connectivity index (χ2n) is 5.14. The zero-order chi connectivity index (χ0) is 11.4. The molecule has 1 fully saturated rings. The van der Waals surface area contributed by atoms with Crippen molar-refractivity contribution in [3.05, 3.63) is 41.6 Å². The third-order valence-electron chi connectivity index (χ3n) is 4.22. The number of benzene rings is 1. The maximum absolute atomic E-state index is 6.08. The highest BCUT2D eigenvalue weighted by molar-refractivity contribution is 5.54. The van der Waals surface area contributed by atoms with Gasteiger partial charge in [0, 0.05) is 11.5 Å². The van der Waals surface area contributed by atoms with Gasteiger partial charge in [-0.15, -0.1) is 0 Å². The lowest BCUT2D eigenvalue weighted by Crippen LogP contribution is -2.05. The van der Waals surface area contributed by atoms with E-state index in [1.54, 1.807) is 0 Å². The second-order valence-corrected chi connectivity index (χ2v) is 5.14. The zero-order valence-electron chi connectivity index (χ0n) is 9.63. The average Bonchev–Trinajstić information content (AvgIpc) is 3.03. The zero-order valence-corrected chi connectivity index (χ0v) is 9.63. The number of para-hydroxylation sites is 1. The minimum atomic E-state index is 0.674. The molecule has 0 saturated heterocycles. The van der Waals surface area contributed by atoms with Crippen LogP contribution in [0.2, 0.25) is 0 Å². The van der Waals surface area contributed by atoms with Gasteiger partial charge in [0.15, 0.2) is 0 Å². The fourth-order valence-corrected chi connectivity index (χ4v) is 3.53. The van der Waals surface area contributed by atoms with Crippen LogP contribution in [0.5, 0.6) is 0 Å². The van der Waals surface area contributed by atoms with Gasteiger partial charge in [-0.25, -0.2) is 4.68 Å². The van der Waals surface area contributed by atoms with Gasteiger partial charge in [-0.1, -0.05) is 18.2 Å². The molecule has 4 rings (SSSR count). The molecule has 2 atom stereocenters. The molecule has 2 aliphatic rings. The molecule has 0 amide bonds. The van der Waals surface area contributed by atoms with Crippen molar-refractivity contribution in [2.75, 3.05) is 5.73 Å². The summed E-state index contributed by atoms with van der Waals surface area (Å²) in [6.45, 7) is 0. The first-order chi connectivity index (χ1) is 8.34. The molecule has 0 aliphatic heterocycles. The number of nitrogens with zero attached hydrogens (tertiary/aromatic N) is 2. The molecule has 1 saturated carbocycles. The Morgan fingerprint density at radius 2 is 1.88 bits per heavy atom. The lowest BCUT2D eigenvalue weighted by atomic mass is 9.97. The van der Waals surface area contributed by atoms with Crippen molar-refractivity contribution >= 4 is 5.82 Å². The predicted molar refractivity (Wildman–Crippen MR) is 67.3 cm³/mol. The second kappa shape index (κ2) is 3.13. The standard InChI is InChI=1S/C14H15N3/c15-14-12-9-6-7-10(8-9)13(12)17(16-14)11-4-2-1-3-5-11/h1-5,9-10H,6-8H2,(H2,15,16). The highest BCUT2D eigenvalue weighted by atomic mass is 15.3. The van der Waals surface area contributed by atoms with Crippen LogP contribution in [0.25, 0.3) is 5.69 Å². The monoisotopic (exact) mass is 225 g/mol. The molecule has 0 spiro atoms. The number of aromatic nitrogens is 2. The molecule has 0 radical (unpaired) electrons. The fourth-order valence-electron chi connectivity index (χ4n) is 3.53. The Hall–Kier alpha value is -1.77. The van der Waals surface area contributed by atoms with Crippen LogP contribution in [0, 0.1) is 0 Å². The summed E-state index contributed by atoms with van der Waals surface area (Å²) in [6.07, 6.45) is 3.88. The van der Waals surface area contributed by atoms with Crippen molar-refractivity contribution < 1.29 is 0 Å². The highest BCUT2D eigenvalue weighted by Crippen LogP contribution is 2.55. The van der Waals surface area contributed by atoms with Crippen LogP contribution in [-0.4, -0.2) is 9.78 Å². The first-order valence-corrected chi connectivity index (χ1v) is 6.28. The Labute approximate surface area is 100 Å². The van der Waals surface area contributed by atoms with E-state index in [0.717, 1.165) is 11.5 Å². The third kappa shape index (κ3) is 1.14. The van der Waals surface area contributed by atoms with Gasteiger partial charge in [0.1, 0.15) is 5.82 Å². The SMILES string of the molecule is Nc1nn(-c2ccccc2)c2c1C1CCC2C1. The number of fused-ring (bicyclic) bond motifs is 5. The summed E-state index contributed by atoms with van der Waals surface area (Å²) in [6, 6.07) is 10.3. The molecule has 3 heteroatoms. The van der Waals surface area contributed by atoms with E-state index in [-0.39, 0.29) is 0 Å².